The van der Waals surface area contributed by atoms with Gasteiger partial charge in [0, 0.05) is 32.3 Å². The second kappa shape index (κ2) is 6.80. The average Bonchev–Trinajstić information content (AvgIpc) is 2.51. The zero-order valence-corrected chi connectivity index (χ0v) is 16.2. The smallest absolute Gasteiger partial charge is 0.410 e. The lowest BCUT2D eigenvalue weighted by atomic mass is 10.1. The molecule has 1 amide bonds. The van der Waals surface area contributed by atoms with Crippen LogP contribution in [0.4, 0.5) is 16.3 Å². The number of non-ortho nitro benzene ring substituents is 1. The van der Waals surface area contributed by atoms with Crippen molar-refractivity contribution in [1.82, 2.24) is 14.9 Å². The standard InChI is InChI=1S/C17H20ClN5O4/c1-17(2,3)27-16(24)21(4)11-8-22(9-11)15-14(18)19-13-7-10(23(25)26)5-6-12(13)20-15/h5-7,11H,8-9H2,1-4H3. The molecule has 0 bridgehead atoms. The van der Waals surface area contributed by atoms with Crippen molar-refractivity contribution < 1.29 is 14.5 Å². The van der Waals surface area contributed by atoms with Gasteiger partial charge in [0.1, 0.15) is 5.60 Å². The number of likely N-dealkylation sites (N-methyl/N-ethyl adjacent to an activating group) is 1. The fourth-order valence-corrected chi connectivity index (χ4v) is 2.94. The van der Waals surface area contributed by atoms with E-state index in [0.717, 1.165) is 0 Å². The summed E-state index contributed by atoms with van der Waals surface area (Å²) in [7, 11) is 1.70. The Morgan fingerprint density at radius 2 is 2.00 bits per heavy atom. The van der Waals surface area contributed by atoms with Crippen LogP contribution in [0.15, 0.2) is 18.2 Å². The van der Waals surface area contributed by atoms with Crippen molar-refractivity contribution in [2.24, 2.45) is 0 Å². The molecule has 2 aromatic rings. The van der Waals surface area contributed by atoms with Gasteiger partial charge in [0.2, 0.25) is 0 Å². The van der Waals surface area contributed by atoms with Crippen LogP contribution >= 0.6 is 11.6 Å². The van der Waals surface area contributed by atoms with Crippen molar-refractivity contribution in [1.29, 1.82) is 0 Å². The van der Waals surface area contributed by atoms with Gasteiger partial charge in [-0.05, 0) is 26.8 Å². The van der Waals surface area contributed by atoms with E-state index in [1.54, 1.807) is 18.0 Å². The Labute approximate surface area is 161 Å². The number of fused-ring (bicyclic) bond motifs is 1. The number of benzene rings is 1. The van der Waals surface area contributed by atoms with E-state index >= 15 is 0 Å². The number of nitrogens with zero attached hydrogens (tertiary/aromatic N) is 5. The Bertz CT molecular complexity index is 908. The Hall–Kier alpha value is -2.68. The fourth-order valence-electron chi connectivity index (χ4n) is 2.68. The number of carbonyl (C=O) groups excluding carboxylic acids is 1. The number of hydrogen-bond acceptors (Lipinski definition) is 7. The van der Waals surface area contributed by atoms with Gasteiger partial charge in [-0.2, -0.15) is 0 Å². The van der Waals surface area contributed by atoms with E-state index in [0.29, 0.717) is 29.9 Å². The molecule has 3 rings (SSSR count). The first-order valence-corrected chi connectivity index (χ1v) is 8.75. The quantitative estimate of drug-likeness (QED) is 0.582. The molecule has 1 aliphatic heterocycles. The van der Waals surface area contributed by atoms with Gasteiger partial charge in [0.05, 0.1) is 22.0 Å². The molecule has 0 N–H and O–H groups in total. The van der Waals surface area contributed by atoms with E-state index in [-0.39, 0.29) is 23.0 Å². The number of nitro benzene ring substituents is 1. The van der Waals surface area contributed by atoms with Gasteiger partial charge < -0.3 is 14.5 Å². The number of carbonyl (C=O) groups is 1. The maximum absolute atomic E-state index is 12.1. The van der Waals surface area contributed by atoms with Gasteiger partial charge in [-0.3, -0.25) is 10.1 Å². The summed E-state index contributed by atoms with van der Waals surface area (Å²) in [4.78, 5) is 34.7. The van der Waals surface area contributed by atoms with Crippen molar-refractivity contribution in [3.05, 3.63) is 33.5 Å². The number of anilines is 1. The lowest BCUT2D eigenvalue weighted by Crippen LogP contribution is -2.60. The summed E-state index contributed by atoms with van der Waals surface area (Å²) in [6, 6.07) is 4.24. The molecule has 9 nitrogen and oxygen atoms in total. The molecule has 27 heavy (non-hydrogen) atoms. The minimum atomic E-state index is -0.551. The van der Waals surface area contributed by atoms with E-state index in [4.69, 9.17) is 16.3 Å². The molecular formula is C17H20ClN5O4. The largest absolute Gasteiger partial charge is 0.444 e. The van der Waals surface area contributed by atoms with Crippen LogP contribution in [0.1, 0.15) is 20.8 Å². The molecule has 2 heterocycles. The summed E-state index contributed by atoms with van der Waals surface area (Å²) >= 11 is 6.23. The number of amides is 1. The van der Waals surface area contributed by atoms with Gasteiger partial charge >= 0.3 is 6.09 Å². The van der Waals surface area contributed by atoms with E-state index in [2.05, 4.69) is 9.97 Å². The highest BCUT2D eigenvalue weighted by Crippen LogP contribution is 2.30. The Balaban J connectivity index is 1.72. The lowest BCUT2D eigenvalue weighted by Gasteiger charge is -2.44. The van der Waals surface area contributed by atoms with Gasteiger partial charge in [-0.25, -0.2) is 14.8 Å². The third kappa shape index (κ3) is 4.02. The highest BCUT2D eigenvalue weighted by Gasteiger charge is 2.36. The summed E-state index contributed by atoms with van der Waals surface area (Å²) in [5.74, 6) is 0.492. The third-order valence-corrected chi connectivity index (χ3v) is 4.44. The van der Waals surface area contributed by atoms with E-state index in [9.17, 15) is 14.9 Å². The molecule has 1 aromatic heterocycles. The van der Waals surface area contributed by atoms with E-state index < -0.39 is 10.5 Å². The molecule has 1 saturated heterocycles. The third-order valence-electron chi connectivity index (χ3n) is 4.19. The molecule has 0 atom stereocenters. The predicted octanol–water partition coefficient (Wildman–Crippen LogP) is 3.25. The fraction of sp³-hybridized carbons (Fsp3) is 0.471. The molecule has 0 aliphatic carbocycles. The van der Waals surface area contributed by atoms with Crippen LogP contribution in [0.5, 0.6) is 0 Å². The SMILES string of the molecule is CN(C(=O)OC(C)(C)C)C1CN(c2nc3ccc([N+](=O)[O-])cc3nc2Cl)C1. The highest BCUT2D eigenvalue weighted by molar-refractivity contribution is 6.32. The minimum Gasteiger partial charge on any atom is -0.444 e. The molecule has 1 fully saturated rings. The minimum absolute atomic E-state index is 0.0229. The number of rotatable bonds is 3. The number of nitro groups is 1. The molecule has 0 radical (unpaired) electrons. The summed E-state index contributed by atoms with van der Waals surface area (Å²) in [5, 5.41) is 11.0. The lowest BCUT2D eigenvalue weighted by molar-refractivity contribution is -0.384. The Morgan fingerprint density at radius 3 is 2.59 bits per heavy atom. The van der Waals surface area contributed by atoms with E-state index in [1.807, 2.05) is 25.7 Å². The average molecular weight is 394 g/mol. The maximum Gasteiger partial charge on any atom is 0.410 e. The van der Waals surface area contributed by atoms with Crippen LogP contribution in [0, 0.1) is 10.1 Å². The number of hydrogen-bond donors (Lipinski definition) is 0. The van der Waals surface area contributed by atoms with E-state index in [1.165, 1.54) is 12.1 Å². The van der Waals surface area contributed by atoms with Crippen LogP contribution in [-0.4, -0.2) is 57.7 Å². The number of aromatic nitrogens is 2. The highest BCUT2D eigenvalue weighted by atomic mass is 35.5. The molecule has 0 saturated carbocycles. The van der Waals surface area contributed by atoms with Crippen LogP contribution in [0.2, 0.25) is 5.15 Å². The van der Waals surface area contributed by atoms with Gasteiger partial charge in [-0.15, -0.1) is 0 Å². The van der Waals surface area contributed by atoms with Crippen LogP contribution in [-0.2, 0) is 4.74 Å². The first-order chi connectivity index (χ1) is 12.5. The first-order valence-electron chi connectivity index (χ1n) is 8.37. The van der Waals surface area contributed by atoms with Crippen molar-refractivity contribution in [3.63, 3.8) is 0 Å². The summed E-state index contributed by atoms with van der Waals surface area (Å²) in [5.41, 5.74) is 0.262. The van der Waals surface area contributed by atoms with Crippen molar-refractivity contribution in [2.45, 2.75) is 32.4 Å². The normalized spacial score (nSPS) is 14.8. The maximum atomic E-state index is 12.1. The zero-order valence-electron chi connectivity index (χ0n) is 15.5. The first kappa shape index (κ1) is 19.1. The summed E-state index contributed by atoms with van der Waals surface area (Å²) < 4.78 is 5.37. The van der Waals surface area contributed by atoms with Gasteiger partial charge in [-0.1, -0.05) is 11.6 Å². The summed E-state index contributed by atoms with van der Waals surface area (Å²) in [6.07, 6.45) is -0.379. The van der Waals surface area contributed by atoms with Crippen molar-refractivity contribution in [2.75, 3.05) is 25.0 Å². The topological polar surface area (TPSA) is 102 Å². The molecular weight excluding hydrogens is 374 g/mol. The second-order valence-electron chi connectivity index (χ2n) is 7.42. The number of ether oxygens (including phenoxy) is 1. The van der Waals surface area contributed by atoms with Crippen molar-refractivity contribution >= 4 is 40.2 Å². The molecule has 0 spiro atoms. The van der Waals surface area contributed by atoms with Gasteiger partial charge in [0.15, 0.2) is 11.0 Å². The molecule has 144 valence electrons. The van der Waals surface area contributed by atoms with Crippen LogP contribution in [0.25, 0.3) is 11.0 Å². The second-order valence-corrected chi connectivity index (χ2v) is 7.78. The predicted molar refractivity (Wildman–Crippen MR) is 101 cm³/mol. The Morgan fingerprint density at radius 1 is 1.33 bits per heavy atom. The van der Waals surface area contributed by atoms with Crippen molar-refractivity contribution in [3.8, 4) is 0 Å². The van der Waals surface area contributed by atoms with Crippen LogP contribution in [0.3, 0.4) is 0 Å². The molecule has 10 heteroatoms. The Kier molecular flexibility index (Phi) is 4.81. The molecule has 1 aliphatic rings. The molecule has 1 aromatic carbocycles. The zero-order chi connectivity index (χ0) is 19.9. The monoisotopic (exact) mass is 393 g/mol. The van der Waals surface area contributed by atoms with Crippen LogP contribution < -0.4 is 4.90 Å². The molecule has 0 unspecified atom stereocenters. The summed E-state index contributed by atoms with van der Waals surface area (Å²) in [6.45, 7) is 6.55. The number of halogens is 1. The van der Waals surface area contributed by atoms with Gasteiger partial charge in [0.25, 0.3) is 5.69 Å².